The smallest absolute Gasteiger partial charge is 0.317 e. The molecule has 3 heteroatoms. The van der Waals surface area contributed by atoms with E-state index in [9.17, 15) is 4.79 Å². The molecule has 19 heavy (non-hydrogen) atoms. The van der Waals surface area contributed by atoms with Crippen LogP contribution in [0.3, 0.4) is 0 Å². The number of carboxylic acid groups (broad SMARTS) is 1. The predicted octanol–water partition coefficient (Wildman–Crippen LogP) is 3.17. The summed E-state index contributed by atoms with van der Waals surface area (Å²) < 4.78 is 0. The topological polar surface area (TPSA) is 40.5 Å². The monoisotopic (exact) mass is 265 g/mol. The molecule has 2 aliphatic rings. The van der Waals surface area contributed by atoms with Crippen LogP contribution in [0.4, 0.5) is 0 Å². The first kappa shape index (κ1) is 14.6. The first-order chi connectivity index (χ1) is 9.06. The van der Waals surface area contributed by atoms with Crippen LogP contribution in [0.5, 0.6) is 0 Å². The zero-order valence-corrected chi connectivity index (χ0v) is 12.3. The van der Waals surface area contributed by atoms with Gasteiger partial charge in [0.2, 0.25) is 0 Å². The van der Waals surface area contributed by atoms with Gasteiger partial charge in [0.15, 0.2) is 0 Å². The van der Waals surface area contributed by atoms with E-state index in [4.69, 9.17) is 5.11 Å². The molecule has 1 atom stereocenters. The summed E-state index contributed by atoms with van der Waals surface area (Å²) in [7, 11) is 0. The van der Waals surface area contributed by atoms with Crippen LogP contribution in [0.2, 0.25) is 0 Å². The van der Waals surface area contributed by atoms with Gasteiger partial charge in [-0.3, -0.25) is 9.69 Å². The largest absolute Gasteiger partial charge is 0.480 e. The van der Waals surface area contributed by atoms with Crippen LogP contribution in [0.1, 0.15) is 46.0 Å². The normalized spacial score (nSPS) is 26.5. The molecule has 1 heterocycles. The fourth-order valence-corrected chi connectivity index (χ4v) is 3.60. The van der Waals surface area contributed by atoms with Gasteiger partial charge in [-0.1, -0.05) is 25.5 Å². The zero-order chi connectivity index (χ0) is 13.8. The summed E-state index contributed by atoms with van der Waals surface area (Å²) in [5.74, 6) is 1.67. The lowest BCUT2D eigenvalue weighted by Gasteiger charge is -2.37. The summed E-state index contributed by atoms with van der Waals surface area (Å²) in [5, 5.41) is 8.81. The molecule has 0 aromatic heterocycles. The number of piperidine rings is 1. The number of aliphatic carboxylic acids is 1. The van der Waals surface area contributed by atoms with Crippen molar-refractivity contribution in [1.29, 1.82) is 0 Å². The van der Waals surface area contributed by atoms with Gasteiger partial charge in [0.05, 0.1) is 6.54 Å². The molecule has 1 unspecified atom stereocenters. The van der Waals surface area contributed by atoms with Crippen molar-refractivity contribution in [2.24, 2.45) is 17.8 Å². The molecule has 3 nitrogen and oxygen atoms in total. The lowest BCUT2D eigenvalue weighted by molar-refractivity contribution is -0.138. The molecule has 0 radical (unpaired) electrons. The summed E-state index contributed by atoms with van der Waals surface area (Å²) in [4.78, 5) is 12.8. The molecule has 0 saturated carbocycles. The van der Waals surface area contributed by atoms with Gasteiger partial charge in [0, 0.05) is 0 Å². The first-order valence-corrected chi connectivity index (χ1v) is 7.69. The minimum Gasteiger partial charge on any atom is -0.480 e. The molecule has 0 spiro atoms. The Hall–Kier alpha value is -0.830. The predicted molar refractivity (Wildman–Crippen MR) is 77.1 cm³/mol. The van der Waals surface area contributed by atoms with Crippen LogP contribution in [0.25, 0.3) is 0 Å². The van der Waals surface area contributed by atoms with Crippen molar-refractivity contribution in [3.63, 3.8) is 0 Å². The number of hydrogen-bond acceptors (Lipinski definition) is 2. The standard InChI is InChI=1S/C16H27NO2/c1-12(2)13-3-5-14(6-4-13)15-7-9-17(10-8-15)11-16(18)19/h3,12,14-15H,4-11H2,1-2H3,(H,18,19). The molecule has 0 amide bonds. The van der Waals surface area contributed by atoms with Gasteiger partial charge in [-0.15, -0.1) is 0 Å². The van der Waals surface area contributed by atoms with Gasteiger partial charge >= 0.3 is 5.97 Å². The average Bonchev–Trinajstić information content (AvgIpc) is 2.39. The molecule has 1 N–H and O–H groups in total. The first-order valence-electron chi connectivity index (χ1n) is 7.69. The van der Waals surface area contributed by atoms with Crippen LogP contribution in [0.15, 0.2) is 11.6 Å². The number of carboxylic acids is 1. The summed E-state index contributed by atoms with van der Waals surface area (Å²) >= 11 is 0. The van der Waals surface area contributed by atoms with Crippen molar-refractivity contribution < 1.29 is 9.90 Å². The van der Waals surface area contributed by atoms with Crippen molar-refractivity contribution in [2.45, 2.75) is 46.0 Å². The van der Waals surface area contributed by atoms with E-state index < -0.39 is 5.97 Å². The van der Waals surface area contributed by atoms with Gasteiger partial charge < -0.3 is 5.11 Å². The Balaban J connectivity index is 1.78. The molecule has 108 valence electrons. The Kier molecular flexibility index (Phi) is 5.03. The molecular weight excluding hydrogens is 238 g/mol. The third-order valence-corrected chi connectivity index (χ3v) is 4.89. The van der Waals surface area contributed by atoms with Crippen LogP contribution in [0, 0.1) is 17.8 Å². The highest BCUT2D eigenvalue weighted by molar-refractivity contribution is 5.69. The quantitative estimate of drug-likeness (QED) is 0.794. The van der Waals surface area contributed by atoms with Crippen molar-refractivity contribution in [3.05, 3.63) is 11.6 Å². The van der Waals surface area contributed by atoms with Gasteiger partial charge in [-0.25, -0.2) is 0 Å². The summed E-state index contributed by atoms with van der Waals surface area (Å²) in [6.07, 6.45) is 8.70. The van der Waals surface area contributed by atoms with E-state index in [0.29, 0.717) is 5.92 Å². The molecule has 1 saturated heterocycles. The third-order valence-electron chi connectivity index (χ3n) is 4.89. The van der Waals surface area contributed by atoms with Gasteiger partial charge in [0.1, 0.15) is 0 Å². The van der Waals surface area contributed by atoms with Crippen molar-refractivity contribution in [1.82, 2.24) is 4.90 Å². The number of likely N-dealkylation sites (tertiary alicyclic amines) is 1. The Morgan fingerprint density at radius 2 is 2.00 bits per heavy atom. The molecule has 0 bridgehead atoms. The van der Waals surface area contributed by atoms with Crippen molar-refractivity contribution >= 4 is 5.97 Å². The Morgan fingerprint density at radius 1 is 1.32 bits per heavy atom. The Morgan fingerprint density at radius 3 is 2.47 bits per heavy atom. The molecule has 1 aliphatic heterocycles. The highest BCUT2D eigenvalue weighted by Crippen LogP contribution is 2.36. The minimum atomic E-state index is -0.694. The fraction of sp³-hybridized carbons (Fsp3) is 0.812. The molecule has 0 aromatic carbocycles. The average molecular weight is 265 g/mol. The van der Waals surface area contributed by atoms with Crippen LogP contribution in [-0.4, -0.2) is 35.6 Å². The van der Waals surface area contributed by atoms with E-state index in [-0.39, 0.29) is 6.54 Å². The SMILES string of the molecule is CC(C)C1=CCC(C2CCN(CC(=O)O)CC2)CC1. The Bertz CT molecular complexity index is 341. The lowest BCUT2D eigenvalue weighted by Crippen LogP contribution is -2.39. The maximum Gasteiger partial charge on any atom is 0.317 e. The number of rotatable bonds is 4. The highest BCUT2D eigenvalue weighted by atomic mass is 16.4. The van der Waals surface area contributed by atoms with E-state index in [2.05, 4.69) is 24.8 Å². The second-order valence-electron chi connectivity index (χ2n) is 6.48. The van der Waals surface area contributed by atoms with E-state index in [1.54, 1.807) is 5.57 Å². The third kappa shape index (κ3) is 4.07. The second-order valence-corrected chi connectivity index (χ2v) is 6.48. The van der Waals surface area contributed by atoms with E-state index in [1.165, 1.54) is 32.1 Å². The summed E-state index contributed by atoms with van der Waals surface area (Å²) in [5.41, 5.74) is 1.64. The molecule has 2 rings (SSSR count). The van der Waals surface area contributed by atoms with Gasteiger partial charge in [-0.05, 0) is 62.9 Å². The second kappa shape index (κ2) is 6.56. The fourth-order valence-electron chi connectivity index (χ4n) is 3.60. The van der Waals surface area contributed by atoms with Gasteiger partial charge in [0.25, 0.3) is 0 Å². The Labute approximate surface area is 116 Å². The maximum atomic E-state index is 10.7. The van der Waals surface area contributed by atoms with E-state index >= 15 is 0 Å². The lowest BCUT2D eigenvalue weighted by atomic mass is 9.75. The van der Waals surface area contributed by atoms with Crippen molar-refractivity contribution in [2.75, 3.05) is 19.6 Å². The van der Waals surface area contributed by atoms with Crippen LogP contribution < -0.4 is 0 Å². The number of allylic oxidation sites excluding steroid dienone is 2. The number of carbonyl (C=O) groups is 1. The zero-order valence-electron chi connectivity index (χ0n) is 12.3. The van der Waals surface area contributed by atoms with E-state index in [0.717, 1.165) is 24.9 Å². The maximum absolute atomic E-state index is 10.7. The molecule has 1 aliphatic carbocycles. The minimum absolute atomic E-state index is 0.217. The van der Waals surface area contributed by atoms with Crippen LogP contribution >= 0.6 is 0 Å². The van der Waals surface area contributed by atoms with Crippen molar-refractivity contribution in [3.8, 4) is 0 Å². The number of nitrogens with zero attached hydrogens (tertiary/aromatic N) is 1. The molecule has 0 aromatic rings. The highest BCUT2D eigenvalue weighted by Gasteiger charge is 2.28. The van der Waals surface area contributed by atoms with Crippen LogP contribution in [-0.2, 0) is 4.79 Å². The molecular formula is C16H27NO2. The van der Waals surface area contributed by atoms with E-state index in [1.807, 2.05) is 0 Å². The van der Waals surface area contributed by atoms with Gasteiger partial charge in [-0.2, -0.15) is 0 Å². The molecule has 1 fully saturated rings. The number of hydrogen-bond donors (Lipinski definition) is 1. The summed E-state index contributed by atoms with van der Waals surface area (Å²) in [6, 6.07) is 0. The summed E-state index contributed by atoms with van der Waals surface area (Å²) in [6.45, 7) is 6.73.